The standard InChI is InChI=1S/C16H17NO3/c1-4-13-14(8-6-11(3)17-13)20-15-9-10(2)5-7-12(15)16(18)19/h5-9H,4H2,1-3H3,(H,18,19). The molecule has 1 N–H and O–H groups in total. The van der Waals surface area contributed by atoms with Crippen LogP contribution in [0.3, 0.4) is 0 Å². The van der Waals surface area contributed by atoms with Gasteiger partial charge in [-0.3, -0.25) is 4.98 Å². The summed E-state index contributed by atoms with van der Waals surface area (Å²) in [5, 5.41) is 9.21. The van der Waals surface area contributed by atoms with Crippen LogP contribution >= 0.6 is 0 Å². The van der Waals surface area contributed by atoms with Crippen molar-refractivity contribution < 1.29 is 14.6 Å². The number of nitrogens with zero attached hydrogens (tertiary/aromatic N) is 1. The van der Waals surface area contributed by atoms with Crippen LogP contribution in [-0.2, 0) is 6.42 Å². The number of carboxylic acids is 1. The molecule has 1 heterocycles. The molecule has 0 aliphatic carbocycles. The summed E-state index contributed by atoms with van der Waals surface area (Å²) in [5.41, 5.74) is 2.83. The number of carbonyl (C=O) groups is 1. The lowest BCUT2D eigenvalue weighted by Gasteiger charge is -2.12. The van der Waals surface area contributed by atoms with Crippen LogP contribution in [0.15, 0.2) is 30.3 Å². The van der Waals surface area contributed by atoms with E-state index in [0.29, 0.717) is 11.5 Å². The van der Waals surface area contributed by atoms with Gasteiger partial charge in [0.05, 0.1) is 5.69 Å². The summed E-state index contributed by atoms with van der Waals surface area (Å²) < 4.78 is 5.79. The first-order valence-corrected chi connectivity index (χ1v) is 6.49. The molecule has 0 unspecified atom stereocenters. The first-order chi connectivity index (χ1) is 9.51. The van der Waals surface area contributed by atoms with Gasteiger partial charge < -0.3 is 9.84 Å². The molecule has 2 aromatic rings. The van der Waals surface area contributed by atoms with Gasteiger partial charge in [0.1, 0.15) is 17.1 Å². The number of hydrogen-bond donors (Lipinski definition) is 1. The van der Waals surface area contributed by atoms with Gasteiger partial charge in [0.25, 0.3) is 0 Å². The van der Waals surface area contributed by atoms with Gasteiger partial charge in [0.15, 0.2) is 0 Å². The van der Waals surface area contributed by atoms with Crippen LogP contribution in [0.2, 0.25) is 0 Å². The van der Waals surface area contributed by atoms with E-state index in [2.05, 4.69) is 4.98 Å². The maximum atomic E-state index is 11.2. The number of hydrogen-bond acceptors (Lipinski definition) is 3. The highest BCUT2D eigenvalue weighted by atomic mass is 16.5. The van der Waals surface area contributed by atoms with Gasteiger partial charge in [-0.2, -0.15) is 0 Å². The van der Waals surface area contributed by atoms with Gasteiger partial charge in [-0.05, 0) is 50.1 Å². The molecule has 20 heavy (non-hydrogen) atoms. The molecule has 0 atom stereocenters. The van der Waals surface area contributed by atoms with Crippen molar-refractivity contribution in [2.75, 3.05) is 0 Å². The van der Waals surface area contributed by atoms with Crippen LogP contribution in [0.5, 0.6) is 11.5 Å². The van der Waals surface area contributed by atoms with Gasteiger partial charge >= 0.3 is 5.97 Å². The number of pyridine rings is 1. The second-order valence-electron chi connectivity index (χ2n) is 4.66. The smallest absolute Gasteiger partial charge is 0.339 e. The normalized spacial score (nSPS) is 10.3. The summed E-state index contributed by atoms with van der Waals surface area (Å²) in [6.45, 7) is 5.80. The summed E-state index contributed by atoms with van der Waals surface area (Å²) in [5.74, 6) is -0.0535. The van der Waals surface area contributed by atoms with Crippen molar-refractivity contribution in [2.45, 2.75) is 27.2 Å². The van der Waals surface area contributed by atoms with Gasteiger partial charge in [0, 0.05) is 5.69 Å². The fraction of sp³-hybridized carbons (Fsp3) is 0.250. The highest BCUT2D eigenvalue weighted by Crippen LogP contribution is 2.29. The summed E-state index contributed by atoms with van der Waals surface area (Å²) >= 11 is 0. The molecule has 0 radical (unpaired) electrons. The molecule has 0 saturated carbocycles. The van der Waals surface area contributed by atoms with Gasteiger partial charge in [-0.15, -0.1) is 0 Å². The van der Waals surface area contributed by atoms with Crippen LogP contribution in [0.1, 0.15) is 34.2 Å². The third kappa shape index (κ3) is 2.96. The topological polar surface area (TPSA) is 59.4 Å². The van der Waals surface area contributed by atoms with Crippen molar-refractivity contribution >= 4 is 5.97 Å². The zero-order chi connectivity index (χ0) is 14.7. The molecule has 0 amide bonds. The Morgan fingerprint density at radius 2 is 1.95 bits per heavy atom. The summed E-state index contributed by atoms with van der Waals surface area (Å²) in [7, 11) is 0. The molecule has 1 aromatic heterocycles. The summed E-state index contributed by atoms with van der Waals surface area (Å²) in [4.78, 5) is 15.6. The minimum absolute atomic E-state index is 0.151. The van der Waals surface area contributed by atoms with Gasteiger partial charge in [-0.1, -0.05) is 13.0 Å². The zero-order valence-corrected chi connectivity index (χ0v) is 11.8. The molecular formula is C16H17NO3. The Balaban J connectivity index is 2.44. The summed E-state index contributed by atoms with van der Waals surface area (Å²) in [6.07, 6.45) is 0.727. The van der Waals surface area contributed by atoms with Gasteiger partial charge in [0.2, 0.25) is 0 Å². The zero-order valence-electron chi connectivity index (χ0n) is 11.8. The number of ether oxygens (including phenoxy) is 1. The molecule has 0 spiro atoms. The maximum absolute atomic E-state index is 11.2. The number of aromatic nitrogens is 1. The van der Waals surface area contributed by atoms with E-state index >= 15 is 0 Å². The number of carboxylic acid groups (broad SMARTS) is 1. The molecule has 0 bridgehead atoms. The second kappa shape index (κ2) is 5.74. The first-order valence-electron chi connectivity index (χ1n) is 6.49. The SMILES string of the molecule is CCc1nc(C)ccc1Oc1cc(C)ccc1C(=O)O. The molecule has 2 rings (SSSR count). The molecule has 0 fully saturated rings. The van der Waals surface area contributed by atoms with E-state index < -0.39 is 5.97 Å². The third-order valence-corrected chi connectivity index (χ3v) is 2.99. The maximum Gasteiger partial charge on any atom is 0.339 e. The predicted molar refractivity (Wildman–Crippen MR) is 76.6 cm³/mol. The summed E-state index contributed by atoms with van der Waals surface area (Å²) in [6, 6.07) is 8.72. The van der Waals surface area contributed by atoms with E-state index in [4.69, 9.17) is 4.74 Å². The van der Waals surface area contributed by atoms with Crippen LogP contribution in [0, 0.1) is 13.8 Å². The quantitative estimate of drug-likeness (QED) is 0.920. The van der Waals surface area contributed by atoms with Crippen LogP contribution in [0.4, 0.5) is 0 Å². The molecule has 0 aliphatic rings. The number of rotatable bonds is 4. The Morgan fingerprint density at radius 3 is 2.60 bits per heavy atom. The van der Waals surface area contributed by atoms with E-state index in [1.54, 1.807) is 18.2 Å². The van der Waals surface area contributed by atoms with Crippen LogP contribution in [0.25, 0.3) is 0 Å². The largest absolute Gasteiger partial charge is 0.478 e. The van der Waals surface area contributed by atoms with Crippen molar-refractivity contribution in [3.8, 4) is 11.5 Å². The second-order valence-corrected chi connectivity index (χ2v) is 4.66. The van der Waals surface area contributed by atoms with Crippen molar-refractivity contribution in [1.29, 1.82) is 0 Å². The highest BCUT2D eigenvalue weighted by molar-refractivity contribution is 5.91. The number of benzene rings is 1. The molecule has 4 nitrogen and oxygen atoms in total. The lowest BCUT2D eigenvalue weighted by atomic mass is 10.1. The van der Waals surface area contributed by atoms with Crippen LogP contribution < -0.4 is 4.74 Å². The fourth-order valence-electron chi connectivity index (χ4n) is 1.95. The van der Waals surface area contributed by atoms with E-state index in [-0.39, 0.29) is 5.56 Å². The van der Waals surface area contributed by atoms with Crippen molar-refractivity contribution in [3.63, 3.8) is 0 Å². The van der Waals surface area contributed by atoms with E-state index in [1.807, 2.05) is 32.9 Å². The van der Waals surface area contributed by atoms with Crippen molar-refractivity contribution in [3.05, 3.63) is 52.8 Å². The van der Waals surface area contributed by atoms with Gasteiger partial charge in [-0.25, -0.2) is 4.79 Å². The molecular weight excluding hydrogens is 254 g/mol. The Hall–Kier alpha value is -2.36. The number of aromatic carboxylic acids is 1. The molecule has 104 valence electrons. The lowest BCUT2D eigenvalue weighted by Crippen LogP contribution is -2.02. The van der Waals surface area contributed by atoms with E-state index in [9.17, 15) is 9.90 Å². The minimum Gasteiger partial charge on any atom is -0.478 e. The highest BCUT2D eigenvalue weighted by Gasteiger charge is 2.14. The Kier molecular flexibility index (Phi) is 4.03. The molecule has 4 heteroatoms. The lowest BCUT2D eigenvalue weighted by molar-refractivity contribution is 0.0694. The average Bonchev–Trinajstić information content (AvgIpc) is 2.40. The Bertz CT molecular complexity index is 650. The fourth-order valence-corrected chi connectivity index (χ4v) is 1.95. The predicted octanol–water partition coefficient (Wildman–Crippen LogP) is 3.75. The number of aryl methyl sites for hydroxylation is 3. The monoisotopic (exact) mass is 271 g/mol. The first kappa shape index (κ1) is 14.1. The average molecular weight is 271 g/mol. The van der Waals surface area contributed by atoms with E-state index in [1.165, 1.54) is 0 Å². The Morgan fingerprint density at radius 1 is 1.20 bits per heavy atom. The third-order valence-electron chi connectivity index (χ3n) is 2.99. The van der Waals surface area contributed by atoms with Crippen molar-refractivity contribution in [1.82, 2.24) is 4.98 Å². The molecule has 1 aromatic carbocycles. The van der Waals surface area contributed by atoms with Crippen LogP contribution in [-0.4, -0.2) is 16.1 Å². The Labute approximate surface area is 118 Å². The van der Waals surface area contributed by atoms with E-state index in [0.717, 1.165) is 23.4 Å². The van der Waals surface area contributed by atoms with Crippen molar-refractivity contribution in [2.24, 2.45) is 0 Å². The molecule has 0 saturated heterocycles. The molecule has 0 aliphatic heterocycles. The minimum atomic E-state index is -1.00.